The van der Waals surface area contributed by atoms with Crippen LogP contribution in [0.2, 0.25) is 0 Å². The minimum atomic E-state index is -0.840. The van der Waals surface area contributed by atoms with E-state index in [4.69, 9.17) is 16.2 Å². The summed E-state index contributed by atoms with van der Waals surface area (Å²) in [6.07, 6.45) is 0. The van der Waals surface area contributed by atoms with Crippen LogP contribution in [0.3, 0.4) is 0 Å². The van der Waals surface area contributed by atoms with Gasteiger partial charge in [0.05, 0.1) is 0 Å². The van der Waals surface area contributed by atoms with Gasteiger partial charge in [-0.2, -0.15) is 0 Å². The van der Waals surface area contributed by atoms with E-state index >= 15 is 0 Å². The predicted molar refractivity (Wildman–Crippen MR) is 150 cm³/mol. The van der Waals surface area contributed by atoms with Gasteiger partial charge in [0.15, 0.2) is 11.7 Å². The second-order valence-electron chi connectivity index (χ2n) is 9.30. The van der Waals surface area contributed by atoms with E-state index in [9.17, 15) is 18.8 Å². The number of anilines is 3. The van der Waals surface area contributed by atoms with Crippen molar-refractivity contribution in [1.29, 1.82) is 0 Å². The Morgan fingerprint density at radius 2 is 1.65 bits per heavy atom. The number of ketones is 1. The van der Waals surface area contributed by atoms with E-state index in [0.29, 0.717) is 30.1 Å². The number of ether oxygens (including phenoxy) is 1. The van der Waals surface area contributed by atoms with Crippen molar-refractivity contribution < 1.29 is 23.5 Å². The Bertz CT molecular complexity index is 1550. The summed E-state index contributed by atoms with van der Waals surface area (Å²) in [5.74, 6) is -1.14. The molecule has 3 aromatic carbocycles. The molecule has 9 nitrogen and oxygen atoms in total. The van der Waals surface area contributed by atoms with Crippen LogP contribution >= 0.6 is 11.3 Å². The third-order valence-electron chi connectivity index (χ3n) is 6.63. The van der Waals surface area contributed by atoms with E-state index in [0.717, 1.165) is 22.5 Å². The number of nitrogens with two attached hydrogens (primary N) is 2. The molecule has 0 bridgehead atoms. The van der Waals surface area contributed by atoms with Gasteiger partial charge in [-0.3, -0.25) is 14.4 Å². The van der Waals surface area contributed by atoms with Crippen molar-refractivity contribution >= 4 is 45.6 Å². The molecule has 5 rings (SSSR count). The molecular formula is C29H26FN5O4S. The number of halogens is 1. The van der Waals surface area contributed by atoms with Crippen molar-refractivity contribution in [1.82, 2.24) is 9.88 Å². The van der Waals surface area contributed by atoms with Gasteiger partial charge in [0.2, 0.25) is 11.7 Å². The number of hydrogen-bond acceptors (Lipinski definition) is 8. The SMILES string of the molecule is C[C@H](C(N)=O)N(c1ccc(F)cc1)c1nc(N)c(C(=O)c2ccc(OCC(=O)N3Cc4ccccc4C3)cc2)s1. The number of carbonyl (C=O) groups excluding carboxylic acids is 3. The lowest BCUT2D eigenvalue weighted by Crippen LogP contribution is -2.39. The van der Waals surface area contributed by atoms with Crippen molar-refractivity contribution in [2.24, 2.45) is 5.73 Å². The predicted octanol–water partition coefficient (Wildman–Crippen LogP) is 4.03. The molecule has 40 heavy (non-hydrogen) atoms. The Labute approximate surface area is 233 Å². The van der Waals surface area contributed by atoms with E-state index in [-0.39, 0.29) is 34.1 Å². The average molecular weight is 560 g/mol. The van der Waals surface area contributed by atoms with Crippen molar-refractivity contribution in [3.8, 4) is 5.75 Å². The number of aromatic nitrogens is 1. The average Bonchev–Trinajstić information content (AvgIpc) is 3.56. The first-order valence-corrected chi connectivity index (χ1v) is 13.3. The van der Waals surface area contributed by atoms with E-state index in [1.54, 1.807) is 36.1 Å². The summed E-state index contributed by atoms with van der Waals surface area (Å²) < 4.78 is 19.2. The third kappa shape index (κ3) is 5.50. The summed E-state index contributed by atoms with van der Waals surface area (Å²) >= 11 is 1.000. The maximum atomic E-state index is 13.5. The molecule has 2 amide bonds. The molecule has 0 saturated heterocycles. The number of primary amides is 1. The van der Waals surface area contributed by atoms with Crippen LogP contribution in [0.15, 0.2) is 72.8 Å². The van der Waals surface area contributed by atoms with E-state index < -0.39 is 17.8 Å². The molecule has 204 valence electrons. The highest BCUT2D eigenvalue weighted by Gasteiger charge is 2.28. The zero-order valence-electron chi connectivity index (χ0n) is 21.5. The fourth-order valence-corrected chi connectivity index (χ4v) is 5.44. The molecule has 4 aromatic rings. The number of hydrogen-bond donors (Lipinski definition) is 2. The van der Waals surface area contributed by atoms with Crippen LogP contribution in [0.1, 0.15) is 33.3 Å². The van der Waals surface area contributed by atoms with Crippen molar-refractivity contribution in [3.05, 3.63) is 100 Å². The number of thiazole rings is 1. The Kier molecular flexibility index (Phi) is 7.47. The molecule has 0 aliphatic carbocycles. The fraction of sp³-hybridized carbons (Fsp3) is 0.172. The normalized spacial score (nSPS) is 13.0. The minimum Gasteiger partial charge on any atom is -0.484 e. The Morgan fingerprint density at radius 1 is 1.02 bits per heavy atom. The van der Waals surface area contributed by atoms with Gasteiger partial charge in [0, 0.05) is 24.3 Å². The van der Waals surface area contributed by atoms with Crippen molar-refractivity contribution in [3.63, 3.8) is 0 Å². The number of amides is 2. The standard InChI is InChI=1S/C29H26FN5O4S/c1-17(28(32)38)35(22-10-8-21(30)9-11-22)29-33-27(31)26(40-29)25(37)18-6-12-23(13-7-18)39-16-24(36)34-14-19-4-2-3-5-20(19)15-34/h2-13,17H,14-16,31H2,1H3,(H2,32,38)/t17-/m1/s1. The molecule has 0 radical (unpaired) electrons. The summed E-state index contributed by atoms with van der Waals surface area (Å²) in [5.41, 5.74) is 14.7. The summed E-state index contributed by atoms with van der Waals surface area (Å²) in [4.78, 5) is 45.6. The molecule has 2 heterocycles. The zero-order valence-corrected chi connectivity index (χ0v) is 22.4. The van der Waals surface area contributed by atoms with E-state index in [1.807, 2.05) is 24.3 Å². The first-order valence-electron chi connectivity index (χ1n) is 12.4. The zero-order chi connectivity index (χ0) is 28.4. The monoisotopic (exact) mass is 559 g/mol. The largest absolute Gasteiger partial charge is 0.484 e. The Morgan fingerprint density at radius 3 is 2.25 bits per heavy atom. The molecule has 0 spiro atoms. The topological polar surface area (TPSA) is 132 Å². The van der Waals surface area contributed by atoms with Crippen LogP contribution in [-0.4, -0.2) is 40.1 Å². The van der Waals surface area contributed by atoms with Gasteiger partial charge in [-0.05, 0) is 66.6 Å². The number of carbonyl (C=O) groups is 3. The lowest BCUT2D eigenvalue weighted by molar-refractivity contribution is -0.134. The van der Waals surface area contributed by atoms with Gasteiger partial charge >= 0.3 is 0 Å². The summed E-state index contributed by atoms with van der Waals surface area (Å²) in [7, 11) is 0. The van der Waals surface area contributed by atoms with Crippen LogP contribution in [0.5, 0.6) is 5.75 Å². The Balaban J connectivity index is 1.27. The summed E-state index contributed by atoms with van der Waals surface area (Å²) in [5, 5.41) is 0.265. The van der Waals surface area contributed by atoms with Crippen molar-refractivity contribution in [2.45, 2.75) is 26.1 Å². The molecule has 0 saturated carbocycles. The first-order chi connectivity index (χ1) is 19.2. The van der Waals surface area contributed by atoms with Gasteiger partial charge in [-0.25, -0.2) is 9.37 Å². The second kappa shape index (κ2) is 11.1. The molecule has 4 N–H and O–H groups in total. The Hall–Kier alpha value is -4.77. The summed E-state index contributed by atoms with van der Waals surface area (Å²) in [6.45, 7) is 2.57. The molecule has 1 atom stereocenters. The van der Waals surface area contributed by atoms with Gasteiger partial charge < -0.3 is 26.0 Å². The number of nitrogen functional groups attached to an aromatic ring is 1. The van der Waals surface area contributed by atoms with E-state index in [1.165, 1.54) is 29.2 Å². The molecule has 1 aliphatic heterocycles. The lowest BCUT2D eigenvalue weighted by atomic mass is 10.1. The maximum Gasteiger partial charge on any atom is 0.261 e. The maximum absolute atomic E-state index is 13.5. The van der Waals surface area contributed by atoms with Gasteiger partial charge in [-0.15, -0.1) is 0 Å². The molecule has 0 unspecified atom stereocenters. The number of nitrogens with zero attached hydrogens (tertiary/aromatic N) is 3. The molecule has 11 heteroatoms. The highest BCUT2D eigenvalue weighted by molar-refractivity contribution is 7.18. The molecular weight excluding hydrogens is 533 g/mol. The lowest BCUT2D eigenvalue weighted by Gasteiger charge is -2.26. The van der Waals surface area contributed by atoms with Gasteiger partial charge in [-0.1, -0.05) is 35.6 Å². The molecule has 1 aromatic heterocycles. The van der Waals surface area contributed by atoms with Crippen molar-refractivity contribution in [2.75, 3.05) is 17.2 Å². The highest BCUT2D eigenvalue weighted by atomic mass is 32.1. The van der Waals surface area contributed by atoms with Crippen LogP contribution in [0.25, 0.3) is 0 Å². The van der Waals surface area contributed by atoms with Gasteiger partial charge in [0.1, 0.15) is 28.3 Å². The van der Waals surface area contributed by atoms with Crippen LogP contribution in [0, 0.1) is 5.82 Å². The summed E-state index contributed by atoms with van der Waals surface area (Å²) in [6, 6.07) is 18.9. The first kappa shape index (κ1) is 26.8. The smallest absolute Gasteiger partial charge is 0.261 e. The second-order valence-corrected chi connectivity index (χ2v) is 10.3. The number of benzene rings is 3. The quantitative estimate of drug-likeness (QED) is 0.296. The van der Waals surface area contributed by atoms with Crippen LogP contribution in [0.4, 0.5) is 21.0 Å². The van der Waals surface area contributed by atoms with Crippen LogP contribution < -0.4 is 21.1 Å². The third-order valence-corrected chi connectivity index (χ3v) is 7.70. The highest BCUT2D eigenvalue weighted by Crippen LogP contribution is 2.36. The van der Waals surface area contributed by atoms with Gasteiger partial charge in [0.25, 0.3) is 5.91 Å². The fourth-order valence-electron chi connectivity index (χ4n) is 4.39. The number of rotatable bonds is 9. The minimum absolute atomic E-state index is 0.00804. The number of fused-ring (bicyclic) bond motifs is 1. The van der Waals surface area contributed by atoms with Crippen LogP contribution in [-0.2, 0) is 22.7 Å². The molecule has 1 aliphatic rings. The molecule has 0 fully saturated rings. The van der Waals surface area contributed by atoms with E-state index in [2.05, 4.69) is 4.98 Å².